The summed E-state index contributed by atoms with van der Waals surface area (Å²) in [6.45, 7) is 10.1. The van der Waals surface area contributed by atoms with Gasteiger partial charge in [0.05, 0.1) is 5.69 Å². The van der Waals surface area contributed by atoms with Crippen molar-refractivity contribution in [1.29, 1.82) is 0 Å². The number of nitrogens with zero attached hydrogens (tertiary/aromatic N) is 1. The molecule has 2 nitrogen and oxygen atoms in total. The van der Waals surface area contributed by atoms with Crippen LogP contribution in [-0.4, -0.2) is 19.1 Å². The summed E-state index contributed by atoms with van der Waals surface area (Å²) in [6, 6.07) is 5.34. The topological polar surface area (TPSA) is 29.3 Å². The van der Waals surface area contributed by atoms with E-state index in [4.69, 9.17) is 5.73 Å². The molecule has 0 radical (unpaired) electrons. The zero-order chi connectivity index (χ0) is 14.4. The number of hydrogen-bond acceptors (Lipinski definition) is 2. The third kappa shape index (κ3) is 4.50. The lowest BCUT2D eigenvalue weighted by Crippen LogP contribution is -2.30. The van der Waals surface area contributed by atoms with Crippen LogP contribution in [0.4, 0.5) is 10.1 Å². The maximum absolute atomic E-state index is 14.2. The van der Waals surface area contributed by atoms with Gasteiger partial charge in [-0.2, -0.15) is 0 Å². The van der Waals surface area contributed by atoms with E-state index in [2.05, 4.69) is 25.7 Å². The normalized spacial score (nSPS) is 14.2. The van der Waals surface area contributed by atoms with Crippen LogP contribution in [0.15, 0.2) is 18.2 Å². The second-order valence-corrected chi connectivity index (χ2v) is 5.48. The number of hydrogen-bond donors (Lipinski definition) is 1. The number of rotatable bonds is 7. The van der Waals surface area contributed by atoms with E-state index < -0.39 is 0 Å². The Hall–Kier alpha value is -1.09. The van der Waals surface area contributed by atoms with Gasteiger partial charge in [-0.3, -0.25) is 0 Å². The first-order chi connectivity index (χ1) is 8.99. The number of nitrogens with two attached hydrogens (primary N) is 1. The van der Waals surface area contributed by atoms with E-state index in [9.17, 15) is 4.39 Å². The average Bonchev–Trinajstić information content (AvgIpc) is 2.36. The summed E-state index contributed by atoms with van der Waals surface area (Å²) >= 11 is 0. The number of anilines is 1. The van der Waals surface area contributed by atoms with E-state index in [1.54, 1.807) is 12.1 Å². The van der Waals surface area contributed by atoms with Gasteiger partial charge in [0.25, 0.3) is 0 Å². The van der Waals surface area contributed by atoms with Crippen molar-refractivity contribution in [3.63, 3.8) is 0 Å². The molecule has 0 bridgehead atoms. The Kier molecular flexibility index (Phi) is 6.29. The highest BCUT2D eigenvalue weighted by Crippen LogP contribution is 2.26. The second kappa shape index (κ2) is 7.49. The second-order valence-electron chi connectivity index (χ2n) is 5.48. The first-order valence-corrected chi connectivity index (χ1v) is 7.27. The maximum atomic E-state index is 14.2. The summed E-state index contributed by atoms with van der Waals surface area (Å²) in [5, 5.41) is 0. The standard InChI is InChI=1S/C16H27FN2/c1-5-12(3)11-19(6-2)16-14(10-13(4)18)8-7-9-15(16)17/h7-9,12-13H,5-6,10-11,18H2,1-4H3. The van der Waals surface area contributed by atoms with Gasteiger partial charge in [-0.1, -0.05) is 32.4 Å². The lowest BCUT2D eigenvalue weighted by atomic mass is 10.0. The van der Waals surface area contributed by atoms with Gasteiger partial charge in [-0.15, -0.1) is 0 Å². The van der Waals surface area contributed by atoms with Crippen molar-refractivity contribution in [2.45, 2.75) is 46.6 Å². The fraction of sp³-hybridized carbons (Fsp3) is 0.625. The summed E-state index contributed by atoms with van der Waals surface area (Å²) in [5.74, 6) is 0.422. The highest BCUT2D eigenvalue weighted by atomic mass is 19.1. The molecule has 0 spiro atoms. The third-order valence-electron chi connectivity index (χ3n) is 3.54. The minimum atomic E-state index is -0.136. The molecule has 1 aromatic carbocycles. The number of benzene rings is 1. The van der Waals surface area contributed by atoms with Crippen LogP contribution in [0.3, 0.4) is 0 Å². The molecule has 2 unspecified atom stereocenters. The van der Waals surface area contributed by atoms with Crippen molar-refractivity contribution in [1.82, 2.24) is 0 Å². The molecule has 3 heteroatoms. The highest BCUT2D eigenvalue weighted by molar-refractivity contribution is 5.55. The van der Waals surface area contributed by atoms with Crippen molar-refractivity contribution < 1.29 is 4.39 Å². The van der Waals surface area contributed by atoms with E-state index in [0.29, 0.717) is 12.3 Å². The van der Waals surface area contributed by atoms with Crippen LogP contribution in [0.2, 0.25) is 0 Å². The summed E-state index contributed by atoms with van der Waals surface area (Å²) in [7, 11) is 0. The van der Waals surface area contributed by atoms with Crippen molar-refractivity contribution >= 4 is 5.69 Å². The van der Waals surface area contributed by atoms with E-state index in [-0.39, 0.29) is 11.9 Å². The van der Waals surface area contributed by atoms with E-state index in [0.717, 1.165) is 30.8 Å². The lowest BCUT2D eigenvalue weighted by Gasteiger charge is -2.29. The predicted molar refractivity (Wildman–Crippen MR) is 81.1 cm³/mol. The molecule has 0 aliphatic rings. The molecule has 0 aliphatic carbocycles. The van der Waals surface area contributed by atoms with Gasteiger partial charge in [0.2, 0.25) is 0 Å². The highest BCUT2D eigenvalue weighted by Gasteiger charge is 2.17. The smallest absolute Gasteiger partial charge is 0.146 e. The minimum absolute atomic E-state index is 0.0443. The molecule has 0 heterocycles. The molecule has 19 heavy (non-hydrogen) atoms. The van der Waals surface area contributed by atoms with Crippen molar-refractivity contribution in [2.24, 2.45) is 11.7 Å². The third-order valence-corrected chi connectivity index (χ3v) is 3.54. The Morgan fingerprint density at radius 3 is 2.47 bits per heavy atom. The monoisotopic (exact) mass is 266 g/mol. The van der Waals surface area contributed by atoms with Gasteiger partial charge in [0.15, 0.2) is 0 Å². The van der Waals surface area contributed by atoms with Crippen molar-refractivity contribution in [2.75, 3.05) is 18.0 Å². The first-order valence-electron chi connectivity index (χ1n) is 7.27. The molecular weight excluding hydrogens is 239 g/mol. The van der Waals surface area contributed by atoms with Gasteiger partial charge >= 0.3 is 0 Å². The van der Waals surface area contributed by atoms with Gasteiger partial charge in [-0.05, 0) is 37.8 Å². The minimum Gasteiger partial charge on any atom is -0.369 e. The molecule has 1 rings (SSSR count). The largest absolute Gasteiger partial charge is 0.369 e. The summed E-state index contributed by atoms with van der Waals surface area (Å²) in [4.78, 5) is 2.14. The van der Waals surface area contributed by atoms with Crippen LogP contribution < -0.4 is 10.6 Å². The van der Waals surface area contributed by atoms with E-state index in [1.165, 1.54) is 0 Å². The molecule has 0 saturated heterocycles. The average molecular weight is 266 g/mol. The summed E-state index contributed by atoms with van der Waals surface area (Å²) in [5.41, 5.74) is 7.62. The molecule has 108 valence electrons. The van der Waals surface area contributed by atoms with Crippen molar-refractivity contribution in [3.05, 3.63) is 29.6 Å². The van der Waals surface area contributed by atoms with Gasteiger partial charge < -0.3 is 10.6 Å². The fourth-order valence-corrected chi connectivity index (χ4v) is 2.31. The van der Waals surface area contributed by atoms with Crippen LogP contribution in [-0.2, 0) is 6.42 Å². The van der Waals surface area contributed by atoms with E-state index in [1.807, 2.05) is 13.0 Å². The number of para-hydroxylation sites is 1. The molecular formula is C16H27FN2. The quantitative estimate of drug-likeness (QED) is 0.817. The molecule has 0 aliphatic heterocycles. The predicted octanol–water partition coefficient (Wildman–Crippen LogP) is 3.59. The number of halogens is 1. The van der Waals surface area contributed by atoms with Crippen LogP contribution in [0.5, 0.6) is 0 Å². The SMILES string of the molecule is CCC(C)CN(CC)c1c(F)cccc1CC(C)N. The van der Waals surface area contributed by atoms with Crippen molar-refractivity contribution in [3.8, 4) is 0 Å². The maximum Gasteiger partial charge on any atom is 0.146 e. The first kappa shape index (κ1) is 16.0. The van der Waals surface area contributed by atoms with Gasteiger partial charge in [0, 0.05) is 19.1 Å². The Morgan fingerprint density at radius 2 is 1.95 bits per heavy atom. The molecule has 0 saturated carbocycles. The van der Waals surface area contributed by atoms with Gasteiger partial charge in [0.1, 0.15) is 5.82 Å². The van der Waals surface area contributed by atoms with Gasteiger partial charge in [-0.25, -0.2) is 4.39 Å². The van der Waals surface area contributed by atoms with Crippen LogP contribution in [0, 0.1) is 11.7 Å². The lowest BCUT2D eigenvalue weighted by molar-refractivity contribution is 0.535. The summed E-state index contributed by atoms with van der Waals surface area (Å²) in [6.07, 6.45) is 1.82. The van der Waals surface area contributed by atoms with E-state index >= 15 is 0 Å². The zero-order valence-corrected chi connectivity index (χ0v) is 12.6. The molecule has 0 amide bonds. The Labute approximate surface area is 116 Å². The summed E-state index contributed by atoms with van der Waals surface area (Å²) < 4.78 is 14.2. The molecule has 2 N–H and O–H groups in total. The Morgan fingerprint density at radius 1 is 1.26 bits per heavy atom. The molecule has 0 fully saturated rings. The van der Waals surface area contributed by atoms with Crippen LogP contribution >= 0.6 is 0 Å². The molecule has 2 atom stereocenters. The molecule has 0 aromatic heterocycles. The fourth-order valence-electron chi connectivity index (χ4n) is 2.31. The Balaban J connectivity index is 3.06. The Bertz CT molecular complexity index is 390. The van der Waals surface area contributed by atoms with Crippen LogP contribution in [0.25, 0.3) is 0 Å². The molecule has 1 aromatic rings. The van der Waals surface area contributed by atoms with Crippen LogP contribution in [0.1, 0.15) is 39.7 Å². The zero-order valence-electron chi connectivity index (χ0n) is 12.6.